The molecular formula is C11H12ClN. The maximum atomic E-state index is 6.10. The van der Waals surface area contributed by atoms with Gasteiger partial charge in [0.15, 0.2) is 0 Å². The van der Waals surface area contributed by atoms with E-state index in [2.05, 4.69) is 11.4 Å². The van der Waals surface area contributed by atoms with Gasteiger partial charge in [-0.1, -0.05) is 23.7 Å². The topological polar surface area (TPSA) is 12.0 Å². The third-order valence-corrected chi connectivity index (χ3v) is 3.38. The molecule has 1 fully saturated rings. The molecule has 3 rings (SSSR count). The van der Waals surface area contributed by atoms with Crippen molar-refractivity contribution < 1.29 is 0 Å². The lowest BCUT2D eigenvalue weighted by Crippen LogP contribution is -2.17. The highest BCUT2D eigenvalue weighted by atomic mass is 35.5. The Morgan fingerprint density at radius 3 is 2.85 bits per heavy atom. The lowest BCUT2D eigenvalue weighted by molar-refractivity contribution is 0.660. The summed E-state index contributed by atoms with van der Waals surface area (Å²) in [4.78, 5) is 0. The number of anilines is 1. The number of halogens is 1. The van der Waals surface area contributed by atoms with Gasteiger partial charge in [-0.3, -0.25) is 0 Å². The predicted molar refractivity (Wildman–Crippen MR) is 55.3 cm³/mol. The third kappa shape index (κ3) is 1.22. The van der Waals surface area contributed by atoms with Crippen molar-refractivity contribution in [2.45, 2.75) is 25.3 Å². The third-order valence-electron chi connectivity index (χ3n) is 3.06. The standard InChI is InChI=1S/C11H12ClN/c12-9-3-1-2-8-6-10(7-4-5-7)13-11(8)9/h1-3,7,10,13H,4-6H2. The van der Waals surface area contributed by atoms with Crippen LogP contribution in [0.4, 0.5) is 5.69 Å². The van der Waals surface area contributed by atoms with E-state index in [-0.39, 0.29) is 0 Å². The smallest absolute Gasteiger partial charge is 0.0640 e. The Morgan fingerprint density at radius 2 is 2.15 bits per heavy atom. The van der Waals surface area contributed by atoms with Crippen LogP contribution in [0.2, 0.25) is 5.02 Å². The minimum Gasteiger partial charge on any atom is -0.380 e. The number of fused-ring (bicyclic) bond motifs is 1. The van der Waals surface area contributed by atoms with Crippen molar-refractivity contribution in [3.63, 3.8) is 0 Å². The highest BCUT2D eigenvalue weighted by Gasteiger charge is 2.35. The van der Waals surface area contributed by atoms with Gasteiger partial charge >= 0.3 is 0 Å². The number of para-hydroxylation sites is 1. The lowest BCUT2D eigenvalue weighted by Gasteiger charge is -2.08. The largest absolute Gasteiger partial charge is 0.380 e. The number of hydrogen-bond donors (Lipinski definition) is 1. The molecule has 1 aromatic carbocycles. The summed E-state index contributed by atoms with van der Waals surface area (Å²) >= 11 is 6.10. The van der Waals surface area contributed by atoms with Crippen LogP contribution < -0.4 is 5.32 Å². The molecule has 0 aromatic heterocycles. The van der Waals surface area contributed by atoms with Gasteiger partial charge in [-0.25, -0.2) is 0 Å². The fourth-order valence-electron chi connectivity index (χ4n) is 2.16. The number of hydrogen-bond acceptors (Lipinski definition) is 1. The van der Waals surface area contributed by atoms with Gasteiger partial charge in [0.2, 0.25) is 0 Å². The van der Waals surface area contributed by atoms with E-state index >= 15 is 0 Å². The SMILES string of the molecule is Clc1cccc2c1NC(C1CC1)C2. The van der Waals surface area contributed by atoms with Crippen LogP contribution in [0.1, 0.15) is 18.4 Å². The van der Waals surface area contributed by atoms with E-state index < -0.39 is 0 Å². The first kappa shape index (κ1) is 7.69. The summed E-state index contributed by atoms with van der Waals surface area (Å²) in [5, 5.41) is 4.41. The van der Waals surface area contributed by atoms with Crippen LogP contribution in [0.25, 0.3) is 0 Å². The first-order chi connectivity index (χ1) is 6.34. The summed E-state index contributed by atoms with van der Waals surface area (Å²) in [5.41, 5.74) is 2.57. The van der Waals surface area contributed by atoms with Gasteiger partial charge in [0.25, 0.3) is 0 Å². The van der Waals surface area contributed by atoms with Crippen LogP contribution in [0.3, 0.4) is 0 Å². The quantitative estimate of drug-likeness (QED) is 0.723. The van der Waals surface area contributed by atoms with E-state index in [4.69, 9.17) is 11.6 Å². The molecule has 1 heterocycles. The fourth-order valence-corrected chi connectivity index (χ4v) is 2.41. The highest BCUT2D eigenvalue weighted by Crippen LogP contribution is 2.42. The molecule has 0 amide bonds. The molecule has 1 atom stereocenters. The molecular weight excluding hydrogens is 182 g/mol. The van der Waals surface area contributed by atoms with Crippen molar-refractivity contribution in [3.05, 3.63) is 28.8 Å². The Kier molecular flexibility index (Phi) is 1.57. The maximum absolute atomic E-state index is 6.10. The average Bonchev–Trinajstić information content (AvgIpc) is 2.87. The average molecular weight is 194 g/mol. The second-order valence-electron chi connectivity index (χ2n) is 4.07. The zero-order valence-electron chi connectivity index (χ0n) is 7.39. The summed E-state index contributed by atoms with van der Waals surface area (Å²) in [5.74, 6) is 0.906. The second kappa shape index (κ2) is 2.65. The van der Waals surface area contributed by atoms with E-state index in [1.165, 1.54) is 30.5 Å². The molecule has 0 saturated heterocycles. The monoisotopic (exact) mass is 193 g/mol. The Morgan fingerprint density at radius 1 is 1.31 bits per heavy atom. The molecule has 1 N–H and O–H groups in total. The Balaban J connectivity index is 1.94. The molecule has 1 aliphatic heterocycles. The van der Waals surface area contributed by atoms with Gasteiger partial charge in [0.1, 0.15) is 0 Å². The Bertz CT molecular complexity index is 344. The molecule has 1 unspecified atom stereocenters. The zero-order chi connectivity index (χ0) is 8.84. The van der Waals surface area contributed by atoms with Crippen LogP contribution in [0.15, 0.2) is 18.2 Å². The van der Waals surface area contributed by atoms with Crippen molar-refractivity contribution in [2.75, 3.05) is 5.32 Å². The fraction of sp³-hybridized carbons (Fsp3) is 0.455. The van der Waals surface area contributed by atoms with Crippen LogP contribution in [0, 0.1) is 5.92 Å². The predicted octanol–water partition coefficient (Wildman–Crippen LogP) is 3.09. The minimum atomic E-state index is 0.662. The Hall–Kier alpha value is -0.690. The summed E-state index contributed by atoms with van der Waals surface area (Å²) in [7, 11) is 0. The number of rotatable bonds is 1. The highest BCUT2D eigenvalue weighted by molar-refractivity contribution is 6.33. The molecule has 1 saturated carbocycles. The summed E-state index contributed by atoms with van der Waals surface area (Å²) in [6.45, 7) is 0. The second-order valence-corrected chi connectivity index (χ2v) is 4.47. The van der Waals surface area contributed by atoms with Crippen molar-refractivity contribution in [1.29, 1.82) is 0 Å². The molecule has 0 spiro atoms. The maximum Gasteiger partial charge on any atom is 0.0640 e. The summed E-state index contributed by atoms with van der Waals surface area (Å²) < 4.78 is 0. The van der Waals surface area contributed by atoms with E-state index in [9.17, 15) is 0 Å². The molecule has 68 valence electrons. The number of benzene rings is 1. The first-order valence-electron chi connectivity index (χ1n) is 4.88. The van der Waals surface area contributed by atoms with Crippen LogP contribution >= 0.6 is 11.6 Å². The molecule has 1 nitrogen and oxygen atoms in total. The Labute approximate surface area is 83.1 Å². The van der Waals surface area contributed by atoms with Crippen molar-refractivity contribution in [2.24, 2.45) is 5.92 Å². The van der Waals surface area contributed by atoms with Gasteiger partial charge in [0, 0.05) is 6.04 Å². The first-order valence-corrected chi connectivity index (χ1v) is 5.26. The molecule has 2 aliphatic rings. The van der Waals surface area contributed by atoms with Gasteiger partial charge in [0.05, 0.1) is 10.7 Å². The van der Waals surface area contributed by atoms with E-state index in [1.807, 2.05) is 12.1 Å². The van der Waals surface area contributed by atoms with E-state index in [0.29, 0.717) is 6.04 Å². The summed E-state index contributed by atoms with van der Waals surface area (Å²) in [6.07, 6.45) is 3.95. The van der Waals surface area contributed by atoms with Crippen LogP contribution in [-0.4, -0.2) is 6.04 Å². The molecule has 0 bridgehead atoms. The van der Waals surface area contributed by atoms with Gasteiger partial charge < -0.3 is 5.32 Å². The van der Waals surface area contributed by atoms with Crippen molar-refractivity contribution in [1.82, 2.24) is 0 Å². The molecule has 1 aliphatic carbocycles. The van der Waals surface area contributed by atoms with Crippen molar-refractivity contribution >= 4 is 17.3 Å². The molecule has 0 radical (unpaired) electrons. The van der Waals surface area contributed by atoms with Crippen LogP contribution in [0.5, 0.6) is 0 Å². The molecule has 1 aromatic rings. The van der Waals surface area contributed by atoms with Gasteiger partial charge in [-0.15, -0.1) is 0 Å². The van der Waals surface area contributed by atoms with Crippen LogP contribution in [-0.2, 0) is 6.42 Å². The van der Waals surface area contributed by atoms with Gasteiger partial charge in [-0.2, -0.15) is 0 Å². The van der Waals surface area contributed by atoms with E-state index in [1.54, 1.807) is 0 Å². The van der Waals surface area contributed by atoms with E-state index in [0.717, 1.165) is 10.9 Å². The normalized spacial score (nSPS) is 25.5. The van der Waals surface area contributed by atoms with Gasteiger partial charge in [-0.05, 0) is 36.8 Å². The van der Waals surface area contributed by atoms with Crippen molar-refractivity contribution in [3.8, 4) is 0 Å². The molecule has 13 heavy (non-hydrogen) atoms. The lowest BCUT2D eigenvalue weighted by atomic mass is 10.1. The minimum absolute atomic E-state index is 0.662. The molecule has 2 heteroatoms. The number of nitrogens with one attached hydrogen (secondary N) is 1. The zero-order valence-corrected chi connectivity index (χ0v) is 8.14. The summed E-state index contributed by atoms with van der Waals surface area (Å²) in [6, 6.07) is 6.84.